The third kappa shape index (κ3) is 3.57. The van der Waals surface area contributed by atoms with Gasteiger partial charge in [-0.2, -0.15) is 0 Å². The smallest absolute Gasteiger partial charge is 0.334 e. The van der Waals surface area contributed by atoms with Crippen LogP contribution in [0.15, 0.2) is 35.6 Å². The van der Waals surface area contributed by atoms with E-state index in [0.717, 1.165) is 31.2 Å². The number of carbonyl (C=O) groups is 2. The van der Waals surface area contributed by atoms with Crippen molar-refractivity contribution in [3.63, 3.8) is 0 Å². The van der Waals surface area contributed by atoms with Crippen molar-refractivity contribution in [1.29, 1.82) is 0 Å². The summed E-state index contributed by atoms with van der Waals surface area (Å²) in [4.78, 5) is 25.4. The molecule has 0 bridgehead atoms. The van der Waals surface area contributed by atoms with Crippen LogP contribution in [0.2, 0.25) is 0 Å². The Bertz CT molecular complexity index is 535. The fraction of sp³-hybridized carbons (Fsp3) is 0.500. The number of hydrogen-bond acceptors (Lipinski definition) is 6. The van der Waals surface area contributed by atoms with E-state index >= 15 is 0 Å². The number of carbonyl (C=O) groups excluding carboxylic acids is 2. The SMILES string of the molecule is C/C=C(\C)C(=O)O[C@@H]1CCN2CC=C(COC(=O)/C=C\O)[C@H]12. The Labute approximate surface area is 129 Å². The van der Waals surface area contributed by atoms with Gasteiger partial charge in [-0.25, -0.2) is 9.59 Å². The van der Waals surface area contributed by atoms with Gasteiger partial charge in [0.05, 0.1) is 18.4 Å². The minimum atomic E-state index is -0.599. The number of allylic oxidation sites excluding steroid dienone is 1. The lowest BCUT2D eigenvalue weighted by atomic mass is 10.0. The number of aliphatic hydroxyl groups is 1. The maximum absolute atomic E-state index is 11.9. The lowest BCUT2D eigenvalue weighted by Crippen LogP contribution is -2.36. The molecule has 0 saturated carbocycles. The van der Waals surface area contributed by atoms with Gasteiger partial charge in [-0.05, 0) is 25.8 Å². The Kier molecular flexibility index (Phi) is 5.38. The van der Waals surface area contributed by atoms with Crippen LogP contribution in [0, 0.1) is 0 Å². The van der Waals surface area contributed by atoms with Gasteiger partial charge in [-0.3, -0.25) is 4.90 Å². The van der Waals surface area contributed by atoms with E-state index in [2.05, 4.69) is 4.90 Å². The highest BCUT2D eigenvalue weighted by molar-refractivity contribution is 5.87. The second-order valence-corrected chi connectivity index (χ2v) is 5.35. The van der Waals surface area contributed by atoms with E-state index in [9.17, 15) is 9.59 Å². The van der Waals surface area contributed by atoms with E-state index < -0.39 is 5.97 Å². The Morgan fingerprint density at radius 1 is 1.50 bits per heavy atom. The van der Waals surface area contributed by atoms with E-state index in [-0.39, 0.29) is 24.7 Å². The molecular formula is C16H21NO5. The minimum Gasteiger partial charge on any atom is -0.515 e. The molecule has 1 saturated heterocycles. The standard InChI is InChI=1S/C16H21NO5/c1-3-11(2)16(20)22-13-5-8-17-7-4-12(15(13)17)10-21-14(19)6-9-18/h3-4,6,9,13,15,18H,5,7-8,10H2,1-2H3/b9-6-,11-3+/t13-,15-/m1/s1. The van der Waals surface area contributed by atoms with Gasteiger partial charge >= 0.3 is 11.9 Å². The van der Waals surface area contributed by atoms with E-state index in [4.69, 9.17) is 14.6 Å². The molecule has 0 aromatic heterocycles. The van der Waals surface area contributed by atoms with Crippen molar-refractivity contribution in [1.82, 2.24) is 4.90 Å². The van der Waals surface area contributed by atoms with Crippen molar-refractivity contribution in [3.05, 3.63) is 35.6 Å². The molecule has 0 aliphatic carbocycles. The van der Waals surface area contributed by atoms with Crippen LogP contribution < -0.4 is 0 Å². The number of nitrogens with zero attached hydrogens (tertiary/aromatic N) is 1. The molecule has 6 nitrogen and oxygen atoms in total. The maximum Gasteiger partial charge on any atom is 0.334 e. The molecule has 2 rings (SSSR count). The van der Waals surface area contributed by atoms with Gasteiger partial charge in [0.15, 0.2) is 0 Å². The Morgan fingerprint density at radius 3 is 2.95 bits per heavy atom. The number of esters is 2. The van der Waals surface area contributed by atoms with Crippen LogP contribution >= 0.6 is 0 Å². The first kappa shape index (κ1) is 16.3. The van der Waals surface area contributed by atoms with Gasteiger partial charge in [-0.1, -0.05) is 12.2 Å². The average molecular weight is 307 g/mol. The van der Waals surface area contributed by atoms with Crippen LogP contribution in [-0.2, 0) is 19.1 Å². The van der Waals surface area contributed by atoms with Crippen LogP contribution in [0.3, 0.4) is 0 Å². The first-order valence-electron chi connectivity index (χ1n) is 7.31. The summed E-state index contributed by atoms with van der Waals surface area (Å²) >= 11 is 0. The number of rotatable bonds is 5. The summed E-state index contributed by atoms with van der Waals surface area (Å²) in [5, 5.41) is 8.53. The molecule has 0 aromatic rings. The number of hydrogen-bond donors (Lipinski definition) is 1. The normalized spacial score (nSPS) is 25.2. The Hall–Kier alpha value is -2.08. The molecule has 1 N–H and O–H groups in total. The molecular weight excluding hydrogens is 286 g/mol. The van der Waals surface area contributed by atoms with Gasteiger partial charge in [0.2, 0.25) is 0 Å². The van der Waals surface area contributed by atoms with Gasteiger partial charge in [0.25, 0.3) is 0 Å². The molecule has 0 radical (unpaired) electrons. The highest BCUT2D eigenvalue weighted by Gasteiger charge is 2.41. The largest absolute Gasteiger partial charge is 0.515 e. The number of fused-ring (bicyclic) bond motifs is 1. The lowest BCUT2D eigenvalue weighted by molar-refractivity contribution is -0.145. The molecule has 2 aliphatic heterocycles. The number of aliphatic hydroxyl groups excluding tert-OH is 1. The zero-order valence-corrected chi connectivity index (χ0v) is 12.8. The van der Waals surface area contributed by atoms with E-state index in [1.165, 1.54) is 0 Å². The first-order chi connectivity index (χ1) is 10.6. The van der Waals surface area contributed by atoms with Gasteiger partial charge in [0.1, 0.15) is 12.7 Å². The Morgan fingerprint density at radius 2 is 2.27 bits per heavy atom. The fourth-order valence-corrected chi connectivity index (χ4v) is 2.74. The van der Waals surface area contributed by atoms with Crippen LogP contribution in [0.25, 0.3) is 0 Å². The summed E-state index contributed by atoms with van der Waals surface area (Å²) in [6.45, 7) is 5.28. The van der Waals surface area contributed by atoms with Crippen LogP contribution in [-0.4, -0.2) is 53.8 Å². The van der Waals surface area contributed by atoms with Crippen molar-refractivity contribution in [2.24, 2.45) is 0 Å². The maximum atomic E-state index is 11.9. The number of ether oxygens (including phenoxy) is 2. The van der Waals surface area contributed by atoms with E-state index in [0.29, 0.717) is 11.8 Å². The molecule has 2 heterocycles. The molecule has 2 atom stereocenters. The van der Waals surface area contributed by atoms with Crippen molar-refractivity contribution < 1.29 is 24.2 Å². The Balaban J connectivity index is 1.97. The summed E-state index contributed by atoms with van der Waals surface area (Å²) in [6.07, 6.45) is 5.89. The summed E-state index contributed by atoms with van der Waals surface area (Å²) in [5.74, 6) is -0.904. The van der Waals surface area contributed by atoms with Crippen molar-refractivity contribution >= 4 is 11.9 Å². The van der Waals surface area contributed by atoms with Crippen LogP contribution in [0.1, 0.15) is 20.3 Å². The zero-order valence-electron chi connectivity index (χ0n) is 12.8. The molecule has 2 aliphatic rings. The van der Waals surface area contributed by atoms with Gasteiger partial charge in [-0.15, -0.1) is 0 Å². The van der Waals surface area contributed by atoms with Crippen molar-refractivity contribution in [2.75, 3.05) is 19.7 Å². The first-order valence-corrected chi connectivity index (χ1v) is 7.31. The predicted octanol–water partition coefficient (Wildman–Crippen LogP) is 1.49. The molecule has 0 spiro atoms. The van der Waals surface area contributed by atoms with Crippen LogP contribution in [0.5, 0.6) is 0 Å². The second kappa shape index (κ2) is 7.26. The zero-order chi connectivity index (χ0) is 16.1. The van der Waals surface area contributed by atoms with Gasteiger partial charge < -0.3 is 14.6 Å². The third-order valence-electron chi connectivity index (χ3n) is 4.02. The predicted molar refractivity (Wildman–Crippen MR) is 80.1 cm³/mol. The summed E-state index contributed by atoms with van der Waals surface area (Å²) in [6, 6.07) is -0.0282. The monoisotopic (exact) mass is 307 g/mol. The summed E-state index contributed by atoms with van der Waals surface area (Å²) in [7, 11) is 0. The quantitative estimate of drug-likeness (QED) is 0.359. The molecule has 6 heteroatoms. The molecule has 1 fully saturated rings. The third-order valence-corrected chi connectivity index (χ3v) is 4.02. The molecule has 0 amide bonds. The molecule has 0 unspecified atom stereocenters. The minimum absolute atomic E-state index is 0.0282. The molecule has 22 heavy (non-hydrogen) atoms. The molecule has 0 aromatic carbocycles. The molecule has 120 valence electrons. The topological polar surface area (TPSA) is 76.1 Å². The van der Waals surface area contributed by atoms with Crippen LogP contribution in [0.4, 0.5) is 0 Å². The average Bonchev–Trinajstić information content (AvgIpc) is 3.08. The fourth-order valence-electron chi connectivity index (χ4n) is 2.74. The summed E-state index contributed by atoms with van der Waals surface area (Å²) < 4.78 is 10.6. The van der Waals surface area contributed by atoms with E-state index in [1.54, 1.807) is 19.9 Å². The van der Waals surface area contributed by atoms with Crippen molar-refractivity contribution in [3.8, 4) is 0 Å². The second-order valence-electron chi connectivity index (χ2n) is 5.35. The van der Waals surface area contributed by atoms with Gasteiger partial charge in [0, 0.05) is 18.7 Å². The lowest BCUT2D eigenvalue weighted by Gasteiger charge is -2.24. The van der Waals surface area contributed by atoms with Crippen molar-refractivity contribution in [2.45, 2.75) is 32.4 Å². The highest BCUT2D eigenvalue weighted by atomic mass is 16.5. The van der Waals surface area contributed by atoms with E-state index in [1.807, 2.05) is 6.08 Å². The highest BCUT2D eigenvalue weighted by Crippen LogP contribution is 2.31. The summed E-state index contributed by atoms with van der Waals surface area (Å²) in [5.41, 5.74) is 1.52.